The van der Waals surface area contributed by atoms with Crippen LogP contribution in [0.25, 0.3) is 0 Å². The lowest BCUT2D eigenvalue weighted by Gasteiger charge is -2.20. The Morgan fingerprint density at radius 3 is 2.52 bits per heavy atom. The summed E-state index contributed by atoms with van der Waals surface area (Å²) in [6, 6.07) is 6.27. The Balaban J connectivity index is 2.20. The minimum Gasteiger partial charge on any atom is -0.480 e. The molecule has 2 aromatic rings. The number of nitrogens with one attached hydrogen (secondary N) is 1. The number of tetrazole rings is 1. The number of nitrogens with zero attached hydrogens (tertiary/aromatic N) is 5. The molecule has 9 heteroatoms. The molecular formula is C12H14N6O3. The third kappa shape index (κ3) is 3.75. The Labute approximate surface area is 120 Å². The van der Waals surface area contributed by atoms with Crippen molar-refractivity contribution in [2.45, 2.75) is 6.92 Å². The molecule has 1 heterocycles. The second-order valence-corrected chi connectivity index (χ2v) is 4.35. The largest absolute Gasteiger partial charge is 0.480 e. The maximum atomic E-state index is 12.2. The monoisotopic (exact) mass is 290 g/mol. The zero-order chi connectivity index (χ0) is 15.4. The molecule has 110 valence electrons. The van der Waals surface area contributed by atoms with Crippen molar-refractivity contribution in [1.82, 2.24) is 20.2 Å². The van der Waals surface area contributed by atoms with Gasteiger partial charge in [0.1, 0.15) is 6.54 Å². The van der Waals surface area contributed by atoms with Gasteiger partial charge in [-0.1, -0.05) is 22.8 Å². The van der Waals surface area contributed by atoms with Gasteiger partial charge < -0.3 is 5.11 Å². The number of carbonyl (C=O) groups excluding carboxylic acids is 1. The van der Waals surface area contributed by atoms with Crippen molar-refractivity contribution in [1.29, 1.82) is 0 Å². The van der Waals surface area contributed by atoms with Gasteiger partial charge in [-0.25, -0.2) is 4.79 Å². The van der Waals surface area contributed by atoms with Crippen LogP contribution < -0.4 is 10.2 Å². The predicted molar refractivity (Wildman–Crippen MR) is 74.0 cm³/mol. The Bertz CT molecular complexity index is 651. The van der Waals surface area contributed by atoms with Gasteiger partial charge in [-0.15, -0.1) is 5.10 Å². The third-order valence-electron chi connectivity index (χ3n) is 2.61. The predicted octanol–water partition coefficient (Wildman–Crippen LogP) is 0.642. The van der Waals surface area contributed by atoms with E-state index in [1.54, 1.807) is 31.3 Å². The van der Waals surface area contributed by atoms with Crippen LogP contribution in [0.4, 0.5) is 16.4 Å². The van der Waals surface area contributed by atoms with Gasteiger partial charge >= 0.3 is 12.0 Å². The van der Waals surface area contributed by atoms with Crippen molar-refractivity contribution in [2.24, 2.45) is 7.05 Å². The average molecular weight is 290 g/mol. The van der Waals surface area contributed by atoms with E-state index in [2.05, 4.69) is 20.7 Å². The highest BCUT2D eigenvalue weighted by Crippen LogP contribution is 2.16. The van der Waals surface area contributed by atoms with E-state index in [0.717, 1.165) is 10.5 Å². The highest BCUT2D eigenvalue weighted by molar-refractivity contribution is 6.03. The van der Waals surface area contributed by atoms with Crippen LogP contribution in [-0.2, 0) is 11.8 Å². The third-order valence-corrected chi connectivity index (χ3v) is 2.61. The summed E-state index contributed by atoms with van der Waals surface area (Å²) in [7, 11) is 1.55. The topological polar surface area (TPSA) is 113 Å². The number of hydrogen-bond acceptors (Lipinski definition) is 5. The van der Waals surface area contributed by atoms with Crippen LogP contribution in [0.15, 0.2) is 24.3 Å². The second kappa shape index (κ2) is 5.99. The van der Waals surface area contributed by atoms with Gasteiger partial charge in [0, 0.05) is 5.69 Å². The zero-order valence-electron chi connectivity index (χ0n) is 11.5. The van der Waals surface area contributed by atoms with Crippen LogP contribution in [0.1, 0.15) is 5.56 Å². The van der Waals surface area contributed by atoms with Gasteiger partial charge in [0.15, 0.2) is 0 Å². The zero-order valence-corrected chi connectivity index (χ0v) is 11.5. The van der Waals surface area contributed by atoms with E-state index in [1.165, 1.54) is 4.80 Å². The first kappa shape index (κ1) is 14.4. The van der Waals surface area contributed by atoms with Crippen LogP contribution in [0.2, 0.25) is 0 Å². The van der Waals surface area contributed by atoms with Crippen molar-refractivity contribution in [3.63, 3.8) is 0 Å². The van der Waals surface area contributed by atoms with Gasteiger partial charge in [-0.05, 0) is 24.3 Å². The fourth-order valence-corrected chi connectivity index (χ4v) is 1.64. The number of rotatable bonds is 4. The molecule has 0 radical (unpaired) electrons. The molecule has 9 nitrogen and oxygen atoms in total. The number of benzene rings is 1. The summed E-state index contributed by atoms with van der Waals surface area (Å²) >= 11 is 0. The van der Waals surface area contributed by atoms with E-state index in [-0.39, 0.29) is 5.95 Å². The number of amides is 2. The van der Waals surface area contributed by atoms with E-state index in [0.29, 0.717) is 5.69 Å². The summed E-state index contributed by atoms with van der Waals surface area (Å²) in [5, 5.41) is 22.4. The van der Waals surface area contributed by atoms with E-state index < -0.39 is 18.5 Å². The van der Waals surface area contributed by atoms with Gasteiger partial charge in [0.2, 0.25) is 0 Å². The number of aliphatic carboxylic acids is 1. The molecule has 0 saturated heterocycles. The molecule has 2 rings (SSSR count). The first-order valence-corrected chi connectivity index (χ1v) is 6.06. The highest BCUT2D eigenvalue weighted by Gasteiger charge is 2.20. The number of urea groups is 1. The summed E-state index contributed by atoms with van der Waals surface area (Å²) < 4.78 is 0. The summed E-state index contributed by atoms with van der Waals surface area (Å²) in [6.07, 6.45) is 0. The van der Waals surface area contributed by atoms with E-state index in [9.17, 15) is 9.59 Å². The van der Waals surface area contributed by atoms with Crippen LogP contribution in [0.5, 0.6) is 0 Å². The number of carbonyl (C=O) groups is 2. The molecule has 0 bridgehead atoms. The van der Waals surface area contributed by atoms with Crippen molar-refractivity contribution in [3.8, 4) is 0 Å². The molecule has 2 N–H and O–H groups in total. The lowest BCUT2D eigenvalue weighted by atomic mass is 10.2. The van der Waals surface area contributed by atoms with Crippen molar-refractivity contribution < 1.29 is 14.7 Å². The molecule has 1 aromatic carbocycles. The number of carboxylic acid groups (broad SMARTS) is 1. The lowest BCUT2D eigenvalue weighted by molar-refractivity contribution is -0.135. The van der Waals surface area contributed by atoms with E-state index in [1.807, 2.05) is 6.92 Å². The standard InChI is InChI=1S/C12H14N6O3/c1-8-3-5-9(6-4-8)18(7-10(19)20)12(21)13-11-14-16-17(2)15-11/h3-6H,7H2,1-2H3,(H,19,20)(H,13,15,21). The summed E-state index contributed by atoms with van der Waals surface area (Å²) in [6.45, 7) is 1.42. The summed E-state index contributed by atoms with van der Waals surface area (Å²) in [4.78, 5) is 25.4. The number of aromatic nitrogens is 4. The van der Waals surface area contributed by atoms with Gasteiger partial charge in [0.05, 0.1) is 7.05 Å². The van der Waals surface area contributed by atoms with Gasteiger partial charge in [-0.3, -0.25) is 15.0 Å². The molecule has 2 amide bonds. The number of hydrogen-bond donors (Lipinski definition) is 2. The Morgan fingerprint density at radius 1 is 1.33 bits per heavy atom. The highest BCUT2D eigenvalue weighted by atomic mass is 16.4. The molecule has 0 saturated carbocycles. The van der Waals surface area contributed by atoms with Gasteiger partial charge in [-0.2, -0.15) is 4.80 Å². The Kier molecular flexibility index (Phi) is 4.12. The maximum absolute atomic E-state index is 12.2. The summed E-state index contributed by atoms with van der Waals surface area (Å²) in [5.41, 5.74) is 1.47. The molecule has 0 aliphatic carbocycles. The average Bonchev–Trinajstić information content (AvgIpc) is 2.82. The number of anilines is 2. The first-order valence-electron chi connectivity index (χ1n) is 6.06. The summed E-state index contributed by atoms with van der Waals surface area (Å²) in [5.74, 6) is -1.12. The molecule has 0 fully saturated rings. The molecule has 1 aromatic heterocycles. The van der Waals surface area contributed by atoms with Crippen LogP contribution in [-0.4, -0.2) is 43.9 Å². The van der Waals surface area contributed by atoms with Crippen molar-refractivity contribution >= 4 is 23.6 Å². The van der Waals surface area contributed by atoms with Crippen molar-refractivity contribution in [3.05, 3.63) is 29.8 Å². The van der Waals surface area contributed by atoms with E-state index >= 15 is 0 Å². The molecule has 21 heavy (non-hydrogen) atoms. The molecule has 0 aliphatic heterocycles. The van der Waals surface area contributed by atoms with Crippen LogP contribution in [0, 0.1) is 6.92 Å². The van der Waals surface area contributed by atoms with Crippen LogP contribution in [0.3, 0.4) is 0 Å². The van der Waals surface area contributed by atoms with Gasteiger partial charge in [0.25, 0.3) is 5.95 Å². The van der Waals surface area contributed by atoms with Crippen molar-refractivity contribution in [2.75, 3.05) is 16.8 Å². The fraction of sp³-hybridized carbons (Fsp3) is 0.250. The fourth-order valence-electron chi connectivity index (χ4n) is 1.64. The molecule has 0 aliphatic rings. The quantitative estimate of drug-likeness (QED) is 0.854. The smallest absolute Gasteiger partial charge is 0.329 e. The number of aryl methyl sites for hydroxylation is 2. The lowest BCUT2D eigenvalue weighted by Crippen LogP contribution is -2.39. The number of carboxylic acids is 1. The maximum Gasteiger partial charge on any atom is 0.329 e. The molecular weight excluding hydrogens is 276 g/mol. The Morgan fingerprint density at radius 2 is 2.00 bits per heavy atom. The minimum atomic E-state index is -1.13. The molecule has 0 atom stereocenters. The first-order chi connectivity index (χ1) is 9.95. The Hall–Kier alpha value is -2.97. The minimum absolute atomic E-state index is 0.00463. The normalized spacial score (nSPS) is 10.2. The van der Waals surface area contributed by atoms with Crippen LogP contribution >= 0.6 is 0 Å². The second-order valence-electron chi connectivity index (χ2n) is 4.35. The SMILES string of the molecule is Cc1ccc(N(CC(=O)O)C(=O)Nc2nnn(C)n2)cc1. The molecule has 0 unspecified atom stereocenters. The van der Waals surface area contributed by atoms with E-state index in [4.69, 9.17) is 5.11 Å². The molecule has 0 spiro atoms.